The number of aromatic nitrogens is 1. The first-order valence-electron chi connectivity index (χ1n) is 8.88. The van der Waals surface area contributed by atoms with Gasteiger partial charge in [0.25, 0.3) is 5.91 Å². The van der Waals surface area contributed by atoms with Crippen LogP contribution in [0, 0.1) is 6.92 Å². The minimum Gasteiger partial charge on any atom is -0.435 e. The Kier molecular flexibility index (Phi) is 5.79. The Bertz CT molecular complexity index is 994. The second-order valence-electron chi connectivity index (χ2n) is 6.41. The van der Waals surface area contributed by atoms with E-state index in [1.165, 1.54) is 6.92 Å². The van der Waals surface area contributed by atoms with Gasteiger partial charge in [-0.25, -0.2) is 4.98 Å². The predicted octanol–water partition coefficient (Wildman–Crippen LogP) is 3.15. The van der Waals surface area contributed by atoms with E-state index in [-0.39, 0.29) is 12.2 Å². The van der Waals surface area contributed by atoms with E-state index in [1.54, 1.807) is 6.92 Å². The summed E-state index contributed by atoms with van der Waals surface area (Å²) in [5.41, 5.74) is 1.95. The van der Waals surface area contributed by atoms with Gasteiger partial charge in [0.05, 0.1) is 6.04 Å². The van der Waals surface area contributed by atoms with E-state index in [4.69, 9.17) is 4.42 Å². The van der Waals surface area contributed by atoms with Crippen LogP contribution in [0.5, 0.6) is 0 Å². The first-order valence-corrected chi connectivity index (χ1v) is 8.88. The fourth-order valence-corrected chi connectivity index (χ4v) is 2.90. The summed E-state index contributed by atoms with van der Waals surface area (Å²) in [5, 5.41) is 2.64. The predicted molar refractivity (Wildman–Crippen MR) is 104 cm³/mol. The standard InChI is InChI=1S/C22H20N2O4/c1-14(25)20(26)18(13-16-9-5-3-6-10-16)24-22(27)21-19(23-15(2)28-21)17-11-7-4-8-12-17/h3-12,18H,13H2,1-2H3,(H,24,27). The quantitative estimate of drug-likeness (QED) is 0.640. The van der Waals surface area contributed by atoms with Gasteiger partial charge in [0, 0.05) is 25.8 Å². The van der Waals surface area contributed by atoms with Crippen LogP contribution in [0.2, 0.25) is 0 Å². The van der Waals surface area contributed by atoms with Crippen LogP contribution in [-0.2, 0) is 16.0 Å². The number of ketones is 2. The van der Waals surface area contributed by atoms with Crippen molar-refractivity contribution in [3.8, 4) is 11.3 Å². The maximum absolute atomic E-state index is 12.9. The zero-order valence-electron chi connectivity index (χ0n) is 15.6. The van der Waals surface area contributed by atoms with Gasteiger partial charge >= 0.3 is 0 Å². The van der Waals surface area contributed by atoms with Gasteiger partial charge in [-0.2, -0.15) is 0 Å². The number of rotatable bonds is 7. The summed E-state index contributed by atoms with van der Waals surface area (Å²) in [6, 6.07) is 17.4. The Morgan fingerprint density at radius 3 is 2.21 bits per heavy atom. The molecule has 1 unspecified atom stereocenters. The fourth-order valence-electron chi connectivity index (χ4n) is 2.90. The van der Waals surface area contributed by atoms with Crippen LogP contribution in [0.1, 0.15) is 28.9 Å². The fraction of sp³-hybridized carbons (Fsp3) is 0.182. The molecule has 2 aromatic carbocycles. The molecular formula is C22H20N2O4. The summed E-state index contributed by atoms with van der Waals surface area (Å²) >= 11 is 0. The van der Waals surface area contributed by atoms with E-state index in [2.05, 4.69) is 10.3 Å². The highest BCUT2D eigenvalue weighted by Gasteiger charge is 2.28. The molecule has 6 heteroatoms. The van der Waals surface area contributed by atoms with Crippen LogP contribution >= 0.6 is 0 Å². The number of hydrogen-bond donors (Lipinski definition) is 1. The number of amides is 1. The molecule has 1 N–H and O–H groups in total. The van der Waals surface area contributed by atoms with Gasteiger partial charge in [-0.3, -0.25) is 14.4 Å². The van der Waals surface area contributed by atoms with E-state index in [9.17, 15) is 14.4 Å². The van der Waals surface area contributed by atoms with Crippen molar-refractivity contribution in [1.29, 1.82) is 0 Å². The van der Waals surface area contributed by atoms with Gasteiger partial charge in [-0.15, -0.1) is 0 Å². The van der Waals surface area contributed by atoms with Gasteiger partial charge in [0.1, 0.15) is 5.69 Å². The third-order valence-corrected chi connectivity index (χ3v) is 4.24. The highest BCUT2D eigenvalue weighted by Crippen LogP contribution is 2.24. The SMILES string of the molecule is CC(=O)C(=O)C(Cc1ccccc1)NC(=O)c1oc(C)nc1-c1ccccc1. The van der Waals surface area contributed by atoms with Crippen molar-refractivity contribution in [2.24, 2.45) is 0 Å². The molecule has 142 valence electrons. The molecule has 0 aliphatic carbocycles. The summed E-state index contributed by atoms with van der Waals surface area (Å²) < 4.78 is 5.50. The number of nitrogens with one attached hydrogen (secondary N) is 1. The van der Waals surface area contributed by atoms with Crippen LogP contribution in [-0.4, -0.2) is 28.5 Å². The van der Waals surface area contributed by atoms with Crippen LogP contribution in [0.3, 0.4) is 0 Å². The third-order valence-electron chi connectivity index (χ3n) is 4.24. The molecule has 0 fully saturated rings. The second kappa shape index (κ2) is 8.43. The molecule has 3 aromatic rings. The van der Waals surface area contributed by atoms with Gasteiger partial charge in [-0.05, 0) is 5.56 Å². The number of benzene rings is 2. The van der Waals surface area contributed by atoms with Crippen LogP contribution in [0.4, 0.5) is 0 Å². The third kappa shape index (κ3) is 4.40. The number of oxazole rings is 1. The molecule has 0 aliphatic rings. The van der Waals surface area contributed by atoms with Crippen LogP contribution < -0.4 is 5.32 Å². The van der Waals surface area contributed by atoms with Crippen molar-refractivity contribution in [3.63, 3.8) is 0 Å². The van der Waals surface area contributed by atoms with Crippen LogP contribution in [0.25, 0.3) is 11.3 Å². The number of nitrogens with zero attached hydrogens (tertiary/aromatic N) is 1. The highest BCUT2D eigenvalue weighted by atomic mass is 16.4. The van der Waals surface area contributed by atoms with E-state index >= 15 is 0 Å². The van der Waals surface area contributed by atoms with Gasteiger partial charge in [0.15, 0.2) is 11.7 Å². The Morgan fingerprint density at radius 2 is 1.61 bits per heavy atom. The van der Waals surface area contributed by atoms with E-state index < -0.39 is 23.5 Å². The normalized spacial score (nSPS) is 11.6. The van der Waals surface area contributed by atoms with E-state index in [1.807, 2.05) is 60.7 Å². The molecule has 1 atom stereocenters. The lowest BCUT2D eigenvalue weighted by atomic mass is 10.00. The number of carbonyl (C=O) groups excluding carboxylic acids is 3. The zero-order valence-corrected chi connectivity index (χ0v) is 15.6. The van der Waals surface area contributed by atoms with Crippen molar-refractivity contribution in [2.75, 3.05) is 0 Å². The molecule has 6 nitrogen and oxygen atoms in total. The van der Waals surface area contributed by atoms with Gasteiger partial charge in [-0.1, -0.05) is 60.7 Å². The minimum absolute atomic E-state index is 0.0121. The highest BCUT2D eigenvalue weighted by molar-refractivity contribution is 6.38. The lowest BCUT2D eigenvalue weighted by Crippen LogP contribution is -2.44. The summed E-state index contributed by atoms with van der Waals surface area (Å²) in [5.74, 6) is -1.51. The Hall–Kier alpha value is -3.54. The monoisotopic (exact) mass is 376 g/mol. The minimum atomic E-state index is -0.985. The van der Waals surface area contributed by atoms with Gasteiger partial charge < -0.3 is 9.73 Å². The Morgan fingerprint density at radius 1 is 1.00 bits per heavy atom. The molecule has 0 spiro atoms. The van der Waals surface area contributed by atoms with Crippen molar-refractivity contribution < 1.29 is 18.8 Å². The summed E-state index contributed by atoms with van der Waals surface area (Å²) in [7, 11) is 0. The average molecular weight is 376 g/mol. The molecule has 0 saturated carbocycles. The molecule has 0 bridgehead atoms. The first-order chi connectivity index (χ1) is 13.5. The lowest BCUT2D eigenvalue weighted by molar-refractivity contribution is -0.136. The van der Waals surface area contributed by atoms with Crippen molar-refractivity contribution in [2.45, 2.75) is 26.3 Å². The largest absolute Gasteiger partial charge is 0.435 e. The zero-order chi connectivity index (χ0) is 20.1. The molecule has 1 heterocycles. The molecule has 1 amide bonds. The topological polar surface area (TPSA) is 89.3 Å². The molecule has 0 aliphatic heterocycles. The van der Waals surface area contributed by atoms with Crippen molar-refractivity contribution in [1.82, 2.24) is 10.3 Å². The second-order valence-corrected chi connectivity index (χ2v) is 6.41. The Labute approximate surface area is 162 Å². The maximum atomic E-state index is 12.9. The summed E-state index contributed by atoms with van der Waals surface area (Å²) in [4.78, 5) is 41.2. The average Bonchev–Trinajstić information content (AvgIpc) is 3.10. The first kappa shape index (κ1) is 19.2. The summed E-state index contributed by atoms with van der Waals surface area (Å²) in [6.07, 6.45) is 0.207. The number of aryl methyl sites for hydroxylation is 1. The van der Waals surface area contributed by atoms with Crippen molar-refractivity contribution >= 4 is 17.5 Å². The van der Waals surface area contributed by atoms with Crippen LogP contribution in [0.15, 0.2) is 65.1 Å². The van der Waals surface area contributed by atoms with Gasteiger partial charge in [0.2, 0.25) is 11.5 Å². The molecular weight excluding hydrogens is 356 g/mol. The van der Waals surface area contributed by atoms with E-state index in [0.29, 0.717) is 11.6 Å². The number of hydrogen-bond acceptors (Lipinski definition) is 5. The maximum Gasteiger partial charge on any atom is 0.290 e. The smallest absolute Gasteiger partial charge is 0.290 e. The molecule has 0 radical (unpaired) electrons. The summed E-state index contributed by atoms with van der Waals surface area (Å²) in [6.45, 7) is 2.84. The Balaban J connectivity index is 1.88. The molecule has 3 rings (SSSR count). The molecule has 1 aromatic heterocycles. The lowest BCUT2D eigenvalue weighted by Gasteiger charge is -2.16. The molecule has 28 heavy (non-hydrogen) atoms. The van der Waals surface area contributed by atoms with Crippen molar-refractivity contribution in [3.05, 3.63) is 77.9 Å². The van der Waals surface area contributed by atoms with E-state index in [0.717, 1.165) is 11.1 Å². The molecule has 0 saturated heterocycles. The number of carbonyl (C=O) groups is 3. The number of Topliss-reactive ketones (excluding diaryl/α,β-unsaturated/α-hetero) is 2.